The Bertz CT molecular complexity index is 853. The Kier molecular flexibility index (Phi) is 5.33. The van der Waals surface area contributed by atoms with Gasteiger partial charge in [0.15, 0.2) is 5.75 Å². The standard InChI is InChI=1S/C15H15ClN2O5S/c1-18(23-2)15(20)10-6-8-11(9-7-10)17-24(21,22)13-5-3-4-12(16)14(13)19/h3-9,17,19H,1-2H3. The number of aromatic hydroxyl groups is 1. The molecule has 2 N–H and O–H groups in total. The number of phenols is 1. The van der Waals surface area contributed by atoms with E-state index < -0.39 is 15.8 Å². The highest BCUT2D eigenvalue weighted by molar-refractivity contribution is 7.92. The Labute approximate surface area is 144 Å². The Morgan fingerprint density at radius 3 is 2.42 bits per heavy atom. The lowest BCUT2D eigenvalue weighted by atomic mass is 10.2. The molecule has 24 heavy (non-hydrogen) atoms. The fourth-order valence-corrected chi connectivity index (χ4v) is 3.28. The van der Waals surface area contributed by atoms with Crippen molar-refractivity contribution in [2.24, 2.45) is 0 Å². The molecule has 0 bridgehead atoms. The van der Waals surface area contributed by atoms with Crippen molar-refractivity contribution in [3.8, 4) is 5.75 Å². The van der Waals surface area contributed by atoms with Crippen molar-refractivity contribution < 1.29 is 23.2 Å². The third kappa shape index (κ3) is 3.78. The summed E-state index contributed by atoms with van der Waals surface area (Å²) in [6.45, 7) is 0. The number of hydroxylamine groups is 2. The maximum Gasteiger partial charge on any atom is 0.277 e. The fourth-order valence-electron chi connectivity index (χ4n) is 1.87. The van der Waals surface area contributed by atoms with E-state index in [1.165, 1.54) is 56.6 Å². The van der Waals surface area contributed by atoms with Gasteiger partial charge >= 0.3 is 0 Å². The van der Waals surface area contributed by atoms with E-state index in [0.29, 0.717) is 5.56 Å². The van der Waals surface area contributed by atoms with Gasteiger partial charge in [0.05, 0.1) is 12.1 Å². The van der Waals surface area contributed by atoms with Crippen molar-refractivity contribution in [2.75, 3.05) is 18.9 Å². The molecule has 0 aliphatic rings. The van der Waals surface area contributed by atoms with Crippen LogP contribution in [0.25, 0.3) is 0 Å². The van der Waals surface area contributed by atoms with Gasteiger partial charge in [0, 0.05) is 18.3 Å². The van der Waals surface area contributed by atoms with Crippen LogP contribution < -0.4 is 4.72 Å². The highest BCUT2D eigenvalue weighted by atomic mass is 35.5. The number of hydrogen-bond acceptors (Lipinski definition) is 5. The molecule has 0 unspecified atom stereocenters. The number of anilines is 1. The summed E-state index contributed by atoms with van der Waals surface area (Å²) in [4.78, 5) is 16.3. The zero-order valence-electron chi connectivity index (χ0n) is 12.9. The average Bonchev–Trinajstić information content (AvgIpc) is 2.56. The summed E-state index contributed by atoms with van der Waals surface area (Å²) in [6.07, 6.45) is 0. The lowest BCUT2D eigenvalue weighted by Crippen LogP contribution is -2.25. The van der Waals surface area contributed by atoms with Crippen molar-refractivity contribution in [1.29, 1.82) is 0 Å². The van der Waals surface area contributed by atoms with Crippen LogP contribution in [0.4, 0.5) is 5.69 Å². The zero-order chi connectivity index (χ0) is 17.9. The molecule has 0 aromatic heterocycles. The van der Waals surface area contributed by atoms with Crippen molar-refractivity contribution in [3.05, 3.63) is 53.1 Å². The van der Waals surface area contributed by atoms with Gasteiger partial charge in [0.1, 0.15) is 4.90 Å². The summed E-state index contributed by atoms with van der Waals surface area (Å²) in [5.41, 5.74) is 0.555. The van der Waals surface area contributed by atoms with Gasteiger partial charge in [-0.2, -0.15) is 0 Å². The van der Waals surface area contributed by atoms with Crippen molar-refractivity contribution in [3.63, 3.8) is 0 Å². The van der Waals surface area contributed by atoms with E-state index in [4.69, 9.17) is 16.4 Å². The van der Waals surface area contributed by atoms with E-state index in [1.54, 1.807) is 0 Å². The fraction of sp³-hybridized carbons (Fsp3) is 0.133. The average molecular weight is 371 g/mol. The molecule has 0 saturated heterocycles. The number of amides is 1. The summed E-state index contributed by atoms with van der Waals surface area (Å²) >= 11 is 5.73. The first-order valence-corrected chi connectivity index (χ1v) is 8.55. The summed E-state index contributed by atoms with van der Waals surface area (Å²) in [5.74, 6) is -0.903. The summed E-state index contributed by atoms with van der Waals surface area (Å²) < 4.78 is 27.0. The van der Waals surface area contributed by atoms with E-state index in [2.05, 4.69) is 4.72 Å². The van der Waals surface area contributed by atoms with Crippen molar-refractivity contribution >= 4 is 33.2 Å². The predicted octanol–water partition coefficient (Wildman–Crippen LogP) is 2.48. The molecular weight excluding hydrogens is 356 g/mol. The monoisotopic (exact) mass is 370 g/mol. The first kappa shape index (κ1) is 18.1. The smallest absolute Gasteiger partial charge is 0.277 e. The first-order chi connectivity index (χ1) is 11.3. The second-order valence-corrected chi connectivity index (χ2v) is 6.81. The van der Waals surface area contributed by atoms with Crippen LogP contribution in [0, 0.1) is 0 Å². The van der Waals surface area contributed by atoms with Gasteiger partial charge in [0.25, 0.3) is 15.9 Å². The molecule has 2 aromatic rings. The summed E-state index contributed by atoms with van der Waals surface area (Å²) in [5, 5.41) is 10.8. The molecule has 0 aliphatic heterocycles. The van der Waals surface area contributed by atoms with Crippen LogP contribution in [0.2, 0.25) is 5.02 Å². The number of halogens is 1. The molecule has 2 aromatic carbocycles. The van der Waals surface area contributed by atoms with Crippen LogP contribution in [0.1, 0.15) is 10.4 Å². The normalized spacial score (nSPS) is 11.1. The Balaban J connectivity index is 2.25. The quantitative estimate of drug-likeness (QED) is 0.788. The number of hydrogen-bond donors (Lipinski definition) is 2. The molecule has 7 nitrogen and oxygen atoms in total. The first-order valence-electron chi connectivity index (χ1n) is 6.69. The van der Waals surface area contributed by atoms with Crippen LogP contribution in [-0.2, 0) is 14.9 Å². The maximum atomic E-state index is 12.3. The zero-order valence-corrected chi connectivity index (χ0v) is 14.4. The van der Waals surface area contributed by atoms with E-state index in [9.17, 15) is 18.3 Å². The number of benzene rings is 2. The SMILES string of the molecule is CON(C)C(=O)c1ccc(NS(=O)(=O)c2cccc(Cl)c2O)cc1. The van der Waals surface area contributed by atoms with Crippen molar-refractivity contribution in [2.45, 2.75) is 4.90 Å². The second kappa shape index (κ2) is 7.08. The van der Waals surface area contributed by atoms with E-state index in [0.717, 1.165) is 5.06 Å². The third-order valence-corrected chi connectivity index (χ3v) is 4.90. The molecule has 0 saturated carbocycles. The molecule has 0 heterocycles. The van der Waals surface area contributed by atoms with Gasteiger partial charge in [-0.25, -0.2) is 13.5 Å². The molecular formula is C15H15ClN2O5S. The number of nitrogens with zero attached hydrogens (tertiary/aromatic N) is 1. The molecule has 9 heteroatoms. The number of carbonyl (C=O) groups is 1. The minimum Gasteiger partial charge on any atom is -0.505 e. The van der Waals surface area contributed by atoms with E-state index >= 15 is 0 Å². The Morgan fingerprint density at radius 1 is 1.21 bits per heavy atom. The number of para-hydroxylation sites is 1. The van der Waals surface area contributed by atoms with Gasteiger partial charge in [-0.15, -0.1) is 0 Å². The third-order valence-electron chi connectivity index (χ3n) is 3.18. The molecule has 0 aliphatic carbocycles. The van der Waals surface area contributed by atoms with E-state index in [-0.39, 0.29) is 21.5 Å². The minimum atomic E-state index is -4.03. The Morgan fingerprint density at radius 2 is 1.83 bits per heavy atom. The highest BCUT2D eigenvalue weighted by Crippen LogP contribution is 2.31. The lowest BCUT2D eigenvalue weighted by molar-refractivity contribution is -0.0756. The molecule has 2 rings (SSSR count). The van der Waals surface area contributed by atoms with Crippen LogP contribution in [0.15, 0.2) is 47.4 Å². The molecule has 1 amide bonds. The highest BCUT2D eigenvalue weighted by Gasteiger charge is 2.20. The van der Waals surface area contributed by atoms with Gasteiger partial charge in [-0.1, -0.05) is 17.7 Å². The van der Waals surface area contributed by atoms with Crippen LogP contribution in [0.5, 0.6) is 5.75 Å². The van der Waals surface area contributed by atoms with Gasteiger partial charge in [-0.05, 0) is 36.4 Å². The lowest BCUT2D eigenvalue weighted by Gasteiger charge is -2.14. The van der Waals surface area contributed by atoms with E-state index in [1.807, 2.05) is 0 Å². The number of rotatable bonds is 5. The van der Waals surface area contributed by atoms with Crippen LogP contribution in [-0.4, -0.2) is 38.7 Å². The largest absolute Gasteiger partial charge is 0.505 e. The molecule has 0 atom stereocenters. The number of phenolic OH excluding ortho intramolecular Hbond substituents is 1. The van der Waals surface area contributed by atoms with Gasteiger partial charge in [-0.3, -0.25) is 14.4 Å². The second-order valence-electron chi connectivity index (χ2n) is 4.75. The molecule has 128 valence electrons. The predicted molar refractivity (Wildman–Crippen MR) is 89.5 cm³/mol. The van der Waals surface area contributed by atoms with Gasteiger partial charge < -0.3 is 5.11 Å². The Hall–Kier alpha value is -2.29. The summed E-state index contributed by atoms with van der Waals surface area (Å²) in [6, 6.07) is 9.78. The summed E-state index contributed by atoms with van der Waals surface area (Å²) in [7, 11) is -1.21. The van der Waals surface area contributed by atoms with Gasteiger partial charge in [0.2, 0.25) is 0 Å². The molecule has 0 radical (unpaired) electrons. The topological polar surface area (TPSA) is 95.9 Å². The van der Waals surface area contributed by atoms with Crippen molar-refractivity contribution in [1.82, 2.24) is 5.06 Å². The number of carbonyl (C=O) groups excluding carboxylic acids is 1. The minimum absolute atomic E-state index is 0.0681. The maximum absolute atomic E-state index is 12.3. The molecule has 0 spiro atoms. The van der Waals surface area contributed by atoms with Crippen LogP contribution >= 0.6 is 11.6 Å². The number of sulfonamides is 1. The number of nitrogens with one attached hydrogen (secondary N) is 1. The van der Waals surface area contributed by atoms with Crippen LogP contribution in [0.3, 0.4) is 0 Å². The molecule has 0 fully saturated rings.